The van der Waals surface area contributed by atoms with Gasteiger partial charge in [0.05, 0.1) is 5.33 Å². The number of amides is 1. The molecule has 0 radical (unpaired) electrons. The van der Waals surface area contributed by atoms with E-state index in [4.69, 9.17) is 9.52 Å². The summed E-state index contributed by atoms with van der Waals surface area (Å²) in [5.74, 6) is 0.267. The highest BCUT2D eigenvalue weighted by Gasteiger charge is 2.20. The third-order valence-electron chi connectivity index (χ3n) is 4.10. The summed E-state index contributed by atoms with van der Waals surface area (Å²) >= 11 is 3.04. The molecule has 0 unspecified atom stereocenters. The van der Waals surface area contributed by atoms with E-state index in [1.807, 2.05) is 4.90 Å². The van der Waals surface area contributed by atoms with Crippen molar-refractivity contribution in [2.75, 3.05) is 36.4 Å². The molecule has 0 aromatic carbocycles. The summed E-state index contributed by atoms with van der Waals surface area (Å²) < 4.78 is 5.20. The molecular weight excluding hydrogens is 394 g/mol. The Balaban J connectivity index is 1.90. The van der Waals surface area contributed by atoms with Gasteiger partial charge in [-0.05, 0) is 24.6 Å². The summed E-state index contributed by atoms with van der Waals surface area (Å²) in [6, 6.07) is 5.00. The van der Waals surface area contributed by atoms with Gasteiger partial charge in [-0.15, -0.1) is 0 Å². The number of carboxylic acid groups (broad SMARTS) is 1. The fraction of sp³-hybridized carbons (Fsp3) is 0.375. The highest BCUT2D eigenvalue weighted by Crippen LogP contribution is 2.19. The van der Waals surface area contributed by atoms with Gasteiger partial charge >= 0.3 is 11.7 Å². The number of rotatable bonds is 3. The van der Waals surface area contributed by atoms with Crippen molar-refractivity contribution in [1.82, 2.24) is 9.88 Å². The lowest BCUT2D eigenvalue weighted by molar-refractivity contribution is 0.102. The molecule has 1 aliphatic rings. The Labute approximate surface area is 151 Å². The Morgan fingerprint density at radius 1 is 1.24 bits per heavy atom. The zero-order valence-corrected chi connectivity index (χ0v) is 14.9. The van der Waals surface area contributed by atoms with Crippen LogP contribution in [0.25, 0.3) is 11.1 Å². The smallest absolute Gasteiger partial charge is 0.407 e. The average molecular weight is 410 g/mol. The second kappa shape index (κ2) is 7.22. The van der Waals surface area contributed by atoms with Crippen LogP contribution in [0.3, 0.4) is 0 Å². The van der Waals surface area contributed by atoms with E-state index in [0.717, 1.165) is 0 Å². The summed E-state index contributed by atoms with van der Waals surface area (Å²) in [6.45, 7) is 2.03. The number of carbonyl (C=O) groups excluding carboxylic acids is 1. The third-order valence-corrected chi connectivity index (χ3v) is 4.61. The van der Waals surface area contributed by atoms with Crippen molar-refractivity contribution in [3.63, 3.8) is 0 Å². The molecule has 1 amide bonds. The van der Waals surface area contributed by atoms with Crippen LogP contribution in [0.5, 0.6) is 0 Å². The minimum atomic E-state index is -0.927. The molecule has 1 fully saturated rings. The molecular formula is C16H16BrN3O5. The number of Topliss-reactive ketones (excluding diaryl/α,β-unsaturated/α-hetero) is 1. The van der Waals surface area contributed by atoms with Crippen LogP contribution in [0.2, 0.25) is 0 Å². The maximum Gasteiger partial charge on any atom is 0.407 e. The number of pyridine rings is 1. The molecule has 3 heterocycles. The number of carbonyl (C=O) groups is 2. The van der Waals surface area contributed by atoms with Gasteiger partial charge in [0.1, 0.15) is 11.4 Å². The molecule has 25 heavy (non-hydrogen) atoms. The van der Waals surface area contributed by atoms with Crippen LogP contribution in [0.4, 0.5) is 10.6 Å². The number of ketones is 1. The van der Waals surface area contributed by atoms with Crippen LogP contribution >= 0.6 is 15.9 Å². The van der Waals surface area contributed by atoms with Gasteiger partial charge in [-0.2, -0.15) is 4.98 Å². The monoisotopic (exact) mass is 409 g/mol. The first-order chi connectivity index (χ1) is 12.0. The molecule has 3 rings (SSSR count). The van der Waals surface area contributed by atoms with Crippen molar-refractivity contribution in [3.8, 4) is 0 Å². The van der Waals surface area contributed by atoms with Crippen molar-refractivity contribution in [2.24, 2.45) is 0 Å². The minimum Gasteiger partial charge on any atom is -0.465 e. The number of anilines is 1. The largest absolute Gasteiger partial charge is 0.465 e. The first-order valence-electron chi connectivity index (χ1n) is 7.76. The third kappa shape index (κ3) is 3.65. The van der Waals surface area contributed by atoms with Gasteiger partial charge in [0.15, 0.2) is 5.78 Å². The number of hydrogen-bond acceptors (Lipinski definition) is 6. The molecule has 8 nitrogen and oxygen atoms in total. The SMILES string of the molecule is O=C(CBr)c1cc2ccc(N3CCCN(C(=O)O)CC3)nc2oc1=O. The fourth-order valence-electron chi connectivity index (χ4n) is 2.77. The van der Waals surface area contributed by atoms with Crippen molar-refractivity contribution < 1.29 is 19.1 Å². The van der Waals surface area contributed by atoms with Gasteiger partial charge in [-0.1, -0.05) is 15.9 Å². The van der Waals surface area contributed by atoms with Crippen LogP contribution in [0.15, 0.2) is 27.4 Å². The van der Waals surface area contributed by atoms with Crippen LogP contribution < -0.4 is 10.5 Å². The highest BCUT2D eigenvalue weighted by atomic mass is 79.9. The predicted molar refractivity (Wildman–Crippen MR) is 94.8 cm³/mol. The molecule has 132 valence electrons. The summed E-state index contributed by atoms with van der Waals surface area (Å²) in [6.07, 6.45) is -0.238. The van der Waals surface area contributed by atoms with E-state index in [1.165, 1.54) is 11.0 Å². The van der Waals surface area contributed by atoms with E-state index >= 15 is 0 Å². The van der Waals surface area contributed by atoms with E-state index in [0.29, 0.717) is 43.8 Å². The fourth-order valence-corrected chi connectivity index (χ4v) is 3.07. The quantitative estimate of drug-likeness (QED) is 0.609. The number of halogens is 1. The van der Waals surface area contributed by atoms with Crippen molar-refractivity contribution in [1.29, 1.82) is 0 Å². The maximum atomic E-state index is 12.0. The van der Waals surface area contributed by atoms with Gasteiger partial charge in [-0.3, -0.25) is 4.79 Å². The van der Waals surface area contributed by atoms with Gasteiger partial charge < -0.3 is 19.3 Å². The molecule has 1 N–H and O–H groups in total. The predicted octanol–water partition coefficient (Wildman–Crippen LogP) is 1.96. The Bertz CT molecular complexity index is 882. The molecule has 9 heteroatoms. The number of hydrogen-bond donors (Lipinski definition) is 1. The summed E-state index contributed by atoms with van der Waals surface area (Å²) in [7, 11) is 0. The van der Waals surface area contributed by atoms with E-state index in [-0.39, 0.29) is 22.4 Å². The Kier molecular flexibility index (Phi) is 5.03. The zero-order valence-electron chi connectivity index (χ0n) is 13.3. The lowest BCUT2D eigenvalue weighted by Crippen LogP contribution is -2.34. The van der Waals surface area contributed by atoms with Gasteiger partial charge in [0.25, 0.3) is 0 Å². The standard InChI is InChI=1S/C16H16BrN3O5/c17-9-12(21)11-8-10-2-3-13(18-14(10)25-15(11)22)19-4-1-5-20(7-6-19)16(23)24/h2-3,8H,1,4-7,9H2,(H,23,24). The first kappa shape index (κ1) is 17.4. The van der Waals surface area contributed by atoms with Gasteiger partial charge in [0, 0.05) is 31.6 Å². The second-order valence-corrected chi connectivity index (χ2v) is 6.24. The average Bonchev–Trinajstić information content (AvgIpc) is 2.86. The molecule has 1 saturated heterocycles. The maximum absolute atomic E-state index is 12.0. The van der Waals surface area contributed by atoms with Crippen LogP contribution in [-0.4, -0.2) is 58.4 Å². The lowest BCUT2D eigenvalue weighted by Gasteiger charge is -2.21. The molecule has 0 atom stereocenters. The van der Waals surface area contributed by atoms with Gasteiger partial charge in [-0.25, -0.2) is 9.59 Å². The molecule has 1 aliphatic heterocycles. The molecule has 0 bridgehead atoms. The van der Waals surface area contributed by atoms with Crippen molar-refractivity contribution in [3.05, 3.63) is 34.2 Å². The normalized spacial score (nSPS) is 15.2. The number of nitrogens with zero attached hydrogens (tertiary/aromatic N) is 3. The molecule has 0 saturated carbocycles. The zero-order chi connectivity index (χ0) is 18.0. The van der Waals surface area contributed by atoms with Crippen LogP contribution in [0.1, 0.15) is 16.8 Å². The number of fused-ring (bicyclic) bond motifs is 1. The van der Waals surface area contributed by atoms with E-state index < -0.39 is 11.7 Å². The minimum absolute atomic E-state index is 0.00852. The molecule has 2 aromatic rings. The summed E-state index contributed by atoms with van der Waals surface area (Å²) in [4.78, 5) is 42.5. The Morgan fingerprint density at radius 3 is 2.76 bits per heavy atom. The van der Waals surface area contributed by atoms with Crippen LogP contribution in [0, 0.1) is 0 Å². The first-order valence-corrected chi connectivity index (χ1v) is 8.88. The van der Waals surface area contributed by atoms with Crippen molar-refractivity contribution >= 4 is 44.7 Å². The molecule has 0 spiro atoms. The second-order valence-electron chi connectivity index (χ2n) is 5.68. The van der Waals surface area contributed by atoms with E-state index in [1.54, 1.807) is 12.1 Å². The lowest BCUT2D eigenvalue weighted by atomic mass is 10.2. The van der Waals surface area contributed by atoms with E-state index in [9.17, 15) is 14.4 Å². The Morgan fingerprint density at radius 2 is 2.04 bits per heavy atom. The number of aromatic nitrogens is 1. The van der Waals surface area contributed by atoms with Crippen LogP contribution in [-0.2, 0) is 0 Å². The summed E-state index contributed by atoms with van der Waals surface area (Å²) in [5, 5.41) is 9.70. The van der Waals surface area contributed by atoms with E-state index in [2.05, 4.69) is 20.9 Å². The Hall–Kier alpha value is -2.42. The summed E-state index contributed by atoms with van der Waals surface area (Å²) in [5.41, 5.74) is -0.562. The highest BCUT2D eigenvalue weighted by molar-refractivity contribution is 9.09. The number of alkyl halides is 1. The molecule has 2 aromatic heterocycles. The van der Waals surface area contributed by atoms with Crippen molar-refractivity contribution in [2.45, 2.75) is 6.42 Å². The topological polar surface area (TPSA) is 104 Å². The molecule has 0 aliphatic carbocycles. The van der Waals surface area contributed by atoms with Gasteiger partial charge in [0.2, 0.25) is 5.71 Å².